The van der Waals surface area contributed by atoms with Crippen LogP contribution in [-0.2, 0) is 9.53 Å². The van der Waals surface area contributed by atoms with Crippen LogP contribution in [0.4, 0.5) is 10.2 Å². The van der Waals surface area contributed by atoms with Crippen LogP contribution in [0.5, 0.6) is 5.75 Å². The summed E-state index contributed by atoms with van der Waals surface area (Å²) < 4.78 is 24.6. The molecule has 0 saturated heterocycles. The van der Waals surface area contributed by atoms with Gasteiger partial charge in [0.25, 0.3) is 0 Å². The van der Waals surface area contributed by atoms with Crippen LogP contribution in [0.15, 0.2) is 29.9 Å². The van der Waals surface area contributed by atoms with Crippen molar-refractivity contribution in [2.24, 2.45) is 4.99 Å². The number of H-pyrrole nitrogens is 1. The molecule has 0 unspecified atom stereocenters. The fourth-order valence-electron chi connectivity index (χ4n) is 2.40. The molecule has 1 aromatic heterocycles. The molecule has 2 rings (SSSR count). The lowest BCUT2D eigenvalue weighted by molar-refractivity contribution is -0.134. The molecule has 0 amide bonds. The molecule has 0 fully saturated rings. The molecular weight excluding hydrogens is 361 g/mol. The molecule has 0 aliphatic heterocycles. The number of methoxy groups -OCH3 is 1. The van der Waals surface area contributed by atoms with Crippen LogP contribution in [0.1, 0.15) is 23.6 Å². The molecule has 0 aliphatic rings. The monoisotopic (exact) mass is 379 g/mol. The van der Waals surface area contributed by atoms with Gasteiger partial charge in [0.1, 0.15) is 5.82 Å². The van der Waals surface area contributed by atoms with Crippen LogP contribution >= 0.6 is 11.6 Å². The van der Waals surface area contributed by atoms with Gasteiger partial charge in [-0.25, -0.2) is 14.2 Å². The van der Waals surface area contributed by atoms with E-state index in [0.29, 0.717) is 11.1 Å². The number of aromatic nitrogens is 1. The Morgan fingerprint density at radius 2 is 2.15 bits per heavy atom. The van der Waals surface area contributed by atoms with Crippen molar-refractivity contribution < 1.29 is 18.7 Å². The zero-order valence-electron chi connectivity index (χ0n) is 14.7. The van der Waals surface area contributed by atoms with E-state index in [1.807, 2.05) is 0 Å². The van der Waals surface area contributed by atoms with E-state index in [1.165, 1.54) is 19.2 Å². The number of nitrogens with zero attached hydrogens (tertiary/aromatic N) is 1. The molecule has 138 valence electrons. The number of aryl methyl sites for hydroxylation is 1. The van der Waals surface area contributed by atoms with Gasteiger partial charge in [0.05, 0.1) is 30.0 Å². The molecule has 0 radical (unpaired) electrons. The highest BCUT2D eigenvalue weighted by Crippen LogP contribution is 2.33. The summed E-state index contributed by atoms with van der Waals surface area (Å²) in [4.78, 5) is 19.4. The third kappa shape index (κ3) is 3.72. The van der Waals surface area contributed by atoms with Gasteiger partial charge in [0.15, 0.2) is 17.3 Å². The number of nitrogens with one attached hydrogen (secondary N) is 1. The Morgan fingerprint density at radius 3 is 2.69 bits per heavy atom. The number of aromatic amines is 1. The summed E-state index contributed by atoms with van der Waals surface area (Å²) in [5.74, 6) is -1.30. The Labute approximate surface area is 155 Å². The van der Waals surface area contributed by atoms with Crippen molar-refractivity contribution in [1.82, 2.24) is 4.98 Å². The smallest absolute Gasteiger partial charge is 0.357 e. The molecular formula is C18H19ClFN3O3. The van der Waals surface area contributed by atoms with Crippen LogP contribution < -0.4 is 10.5 Å². The van der Waals surface area contributed by atoms with E-state index in [1.54, 1.807) is 20.0 Å². The molecule has 6 nitrogen and oxygen atoms in total. The zero-order chi connectivity index (χ0) is 19.4. The largest absolute Gasteiger partial charge is 0.492 e. The second kappa shape index (κ2) is 8.05. The lowest BCUT2D eigenvalue weighted by atomic mass is 10.1. The maximum absolute atomic E-state index is 14.6. The minimum atomic E-state index is -0.726. The quantitative estimate of drug-likeness (QED) is 0.591. The number of carbonyl (C=O) groups is 1. The van der Waals surface area contributed by atoms with E-state index >= 15 is 0 Å². The van der Waals surface area contributed by atoms with Gasteiger partial charge in [-0.2, -0.15) is 0 Å². The average Bonchev–Trinajstić information content (AvgIpc) is 2.92. The number of aliphatic imine (C=N–C) groups is 1. The van der Waals surface area contributed by atoms with Crippen molar-refractivity contribution in [3.05, 3.63) is 52.4 Å². The Balaban J connectivity index is 2.57. The number of anilines is 1. The van der Waals surface area contributed by atoms with E-state index < -0.39 is 11.8 Å². The van der Waals surface area contributed by atoms with E-state index in [-0.39, 0.29) is 40.2 Å². The first-order valence-electron chi connectivity index (χ1n) is 7.72. The summed E-state index contributed by atoms with van der Waals surface area (Å²) in [6.45, 7) is 7.33. The molecule has 0 atom stereocenters. The highest BCUT2D eigenvalue weighted by Gasteiger charge is 2.23. The number of ether oxygens (including phenoxy) is 2. The van der Waals surface area contributed by atoms with Crippen LogP contribution in [0.2, 0.25) is 5.02 Å². The number of hydrogen-bond donors (Lipinski definition) is 2. The Hall–Kier alpha value is -2.80. The SMILES string of the molecule is C=C(N=C(C(=O)OCC)c1c(C)c[nH]c1N)c1ccc(Cl)c(OC)c1F. The van der Waals surface area contributed by atoms with Gasteiger partial charge in [-0.05, 0) is 31.5 Å². The molecule has 1 heterocycles. The summed E-state index contributed by atoms with van der Waals surface area (Å²) in [6.07, 6.45) is 1.63. The minimum Gasteiger partial charge on any atom is -0.492 e. The molecule has 0 aliphatic carbocycles. The number of esters is 1. The number of benzene rings is 1. The maximum atomic E-state index is 14.6. The number of nitrogens with two attached hydrogens (primary N) is 1. The number of halogens is 2. The third-order valence-corrected chi connectivity index (χ3v) is 3.92. The predicted molar refractivity (Wildman–Crippen MR) is 100 cm³/mol. The van der Waals surface area contributed by atoms with Crippen molar-refractivity contribution in [3.8, 4) is 5.75 Å². The van der Waals surface area contributed by atoms with Crippen LogP contribution in [0, 0.1) is 12.7 Å². The van der Waals surface area contributed by atoms with Crippen molar-refractivity contribution >= 4 is 34.8 Å². The predicted octanol–water partition coefficient (Wildman–Crippen LogP) is 3.73. The van der Waals surface area contributed by atoms with Crippen molar-refractivity contribution in [2.45, 2.75) is 13.8 Å². The summed E-state index contributed by atoms with van der Waals surface area (Å²) >= 11 is 5.90. The second-order valence-electron chi connectivity index (χ2n) is 5.33. The molecule has 26 heavy (non-hydrogen) atoms. The second-order valence-corrected chi connectivity index (χ2v) is 5.74. The topological polar surface area (TPSA) is 89.7 Å². The first-order valence-corrected chi connectivity index (χ1v) is 8.10. The Bertz CT molecular complexity index is 871. The minimum absolute atomic E-state index is 0.000481. The summed E-state index contributed by atoms with van der Waals surface area (Å²) in [7, 11) is 1.30. The van der Waals surface area contributed by atoms with Gasteiger partial charge < -0.3 is 20.2 Å². The van der Waals surface area contributed by atoms with Gasteiger partial charge in [-0.15, -0.1) is 0 Å². The lowest BCUT2D eigenvalue weighted by Gasteiger charge is -2.11. The Morgan fingerprint density at radius 1 is 1.46 bits per heavy atom. The Kier molecular flexibility index (Phi) is 6.05. The molecule has 0 saturated carbocycles. The van der Waals surface area contributed by atoms with Gasteiger partial charge >= 0.3 is 5.97 Å². The summed E-state index contributed by atoms with van der Waals surface area (Å²) in [6, 6.07) is 2.86. The highest BCUT2D eigenvalue weighted by molar-refractivity contribution is 6.45. The maximum Gasteiger partial charge on any atom is 0.357 e. The zero-order valence-corrected chi connectivity index (χ0v) is 15.4. The van der Waals surface area contributed by atoms with E-state index in [9.17, 15) is 9.18 Å². The van der Waals surface area contributed by atoms with Gasteiger partial charge in [-0.3, -0.25) is 0 Å². The van der Waals surface area contributed by atoms with Gasteiger partial charge in [-0.1, -0.05) is 18.2 Å². The summed E-state index contributed by atoms with van der Waals surface area (Å²) in [5, 5.41) is 0.113. The van der Waals surface area contributed by atoms with Crippen molar-refractivity contribution in [1.29, 1.82) is 0 Å². The van der Waals surface area contributed by atoms with Crippen LogP contribution in [-0.4, -0.2) is 30.4 Å². The number of nitrogen functional groups attached to an aromatic ring is 1. The first-order chi connectivity index (χ1) is 12.3. The molecule has 3 N–H and O–H groups in total. The number of carbonyl (C=O) groups excluding carboxylic acids is 1. The van der Waals surface area contributed by atoms with Gasteiger partial charge in [0, 0.05) is 11.8 Å². The van der Waals surface area contributed by atoms with E-state index in [2.05, 4.69) is 16.6 Å². The van der Waals surface area contributed by atoms with Crippen LogP contribution in [0.3, 0.4) is 0 Å². The first kappa shape index (κ1) is 19.5. The molecule has 8 heteroatoms. The fourth-order valence-corrected chi connectivity index (χ4v) is 2.62. The number of rotatable bonds is 6. The highest BCUT2D eigenvalue weighted by atomic mass is 35.5. The number of hydrogen-bond acceptors (Lipinski definition) is 5. The van der Waals surface area contributed by atoms with E-state index in [0.717, 1.165) is 0 Å². The van der Waals surface area contributed by atoms with E-state index in [4.69, 9.17) is 26.8 Å². The fraction of sp³-hybridized carbons (Fsp3) is 0.222. The van der Waals surface area contributed by atoms with Gasteiger partial charge in [0.2, 0.25) is 0 Å². The van der Waals surface area contributed by atoms with Crippen molar-refractivity contribution in [2.75, 3.05) is 19.5 Å². The molecule has 1 aromatic carbocycles. The molecule has 2 aromatic rings. The average molecular weight is 380 g/mol. The normalized spacial score (nSPS) is 11.3. The summed E-state index contributed by atoms with van der Waals surface area (Å²) in [5.41, 5.74) is 6.95. The van der Waals surface area contributed by atoms with Crippen LogP contribution in [0.25, 0.3) is 5.70 Å². The molecule has 0 bridgehead atoms. The lowest BCUT2D eigenvalue weighted by Crippen LogP contribution is -2.20. The third-order valence-electron chi connectivity index (χ3n) is 3.62. The van der Waals surface area contributed by atoms with Crippen molar-refractivity contribution in [3.63, 3.8) is 0 Å². The molecule has 0 spiro atoms. The standard InChI is InChI=1S/C18H19ClFN3O3/c1-5-26-18(24)15(13-9(2)8-22-17(13)21)23-10(3)11-6-7-12(19)16(25-4)14(11)20/h6-8,22H,3,5,21H2,1-2,4H3.